The molecule has 1 saturated heterocycles. The van der Waals surface area contributed by atoms with Gasteiger partial charge in [0.05, 0.1) is 0 Å². The van der Waals surface area contributed by atoms with E-state index in [1.54, 1.807) is 13.8 Å². The Labute approximate surface area is 175 Å². The van der Waals surface area contributed by atoms with Crippen molar-refractivity contribution in [2.45, 2.75) is 26.4 Å². The van der Waals surface area contributed by atoms with E-state index in [4.69, 9.17) is 4.74 Å². The van der Waals surface area contributed by atoms with Crippen molar-refractivity contribution in [3.05, 3.63) is 53.0 Å². The number of nitrogens with one attached hydrogen (secondary N) is 1. The Hall–Kier alpha value is -2.05. The number of anilines is 2. The van der Waals surface area contributed by atoms with Crippen LogP contribution in [0.3, 0.4) is 0 Å². The molecule has 2 aromatic carbocycles. The second kappa shape index (κ2) is 8.97. The Morgan fingerprint density at radius 1 is 1.04 bits per heavy atom. The fourth-order valence-corrected chi connectivity index (χ4v) is 3.47. The Kier molecular flexibility index (Phi) is 6.62. The molecule has 1 N–H and O–H groups in total. The van der Waals surface area contributed by atoms with Crippen LogP contribution < -0.4 is 15.0 Å². The van der Waals surface area contributed by atoms with Gasteiger partial charge in [-0.25, -0.2) is 0 Å². The van der Waals surface area contributed by atoms with Gasteiger partial charge in [-0.3, -0.25) is 4.79 Å². The van der Waals surface area contributed by atoms with Gasteiger partial charge >= 0.3 is 0 Å². The molecule has 1 aliphatic rings. The third kappa shape index (κ3) is 5.26. The molecule has 28 heavy (non-hydrogen) atoms. The molecule has 0 radical (unpaired) electrons. The lowest BCUT2D eigenvalue weighted by Crippen LogP contribution is -2.46. The van der Waals surface area contributed by atoms with Gasteiger partial charge in [-0.15, -0.1) is 0 Å². The zero-order chi connectivity index (χ0) is 20.1. The van der Waals surface area contributed by atoms with Gasteiger partial charge in [0.25, 0.3) is 5.91 Å². The monoisotopic (exact) mass is 445 g/mol. The van der Waals surface area contributed by atoms with E-state index in [-0.39, 0.29) is 5.91 Å². The Bertz CT molecular complexity index is 782. The number of hydrogen-bond acceptors (Lipinski definition) is 4. The maximum Gasteiger partial charge on any atom is 0.267 e. The summed E-state index contributed by atoms with van der Waals surface area (Å²) in [6.07, 6.45) is 0. The van der Waals surface area contributed by atoms with Crippen LogP contribution in [0.1, 0.15) is 20.8 Å². The van der Waals surface area contributed by atoms with Crippen LogP contribution in [0.4, 0.5) is 11.4 Å². The van der Waals surface area contributed by atoms with Crippen LogP contribution in [-0.4, -0.2) is 49.1 Å². The highest BCUT2D eigenvalue weighted by molar-refractivity contribution is 9.10. The minimum Gasteiger partial charge on any atom is -0.478 e. The summed E-state index contributed by atoms with van der Waals surface area (Å²) in [5.74, 6) is 0.477. The van der Waals surface area contributed by atoms with Crippen molar-refractivity contribution in [1.82, 2.24) is 4.90 Å². The molecule has 1 fully saturated rings. The standard InChI is InChI=1S/C22H28BrN3O2/c1-4-25-13-15-26(16-14-25)19-9-7-18(8-10-19)24-21(27)22(2,3)28-20-11-5-17(23)6-12-20/h5-12H,4,13-16H2,1-3H3,(H,24,27). The third-order valence-corrected chi connectivity index (χ3v) is 5.57. The molecule has 0 aliphatic carbocycles. The largest absolute Gasteiger partial charge is 0.478 e. The predicted molar refractivity (Wildman–Crippen MR) is 118 cm³/mol. The number of rotatable bonds is 6. The number of piperazine rings is 1. The summed E-state index contributed by atoms with van der Waals surface area (Å²) in [5.41, 5.74) is 0.982. The van der Waals surface area contributed by atoms with E-state index in [1.165, 1.54) is 5.69 Å². The molecule has 6 heteroatoms. The summed E-state index contributed by atoms with van der Waals surface area (Å²) >= 11 is 3.40. The van der Waals surface area contributed by atoms with E-state index < -0.39 is 5.60 Å². The van der Waals surface area contributed by atoms with Gasteiger partial charge in [0.1, 0.15) is 5.75 Å². The van der Waals surface area contributed by atoms with Crippen LogP contribution in [-0.2, 0) is 4.79 Å². The predicted octanol–water partition coefficient (Wildman–Crippen LogP) is 4.39. The summed E-state index contributed by atoms with van der Waals surface area (Å²) in [4.78, 5) is 17.5. The second-order valence-corrected chi connectivity index (χ2v) is 8.40. The van der Waals surface area contributed by atoms with Gasteiger partial charge in [-0.05, 0) is 68.9 Å². The average molecular weight is 446 g/mol. The molecule has 1 heterocycles. The Balaban J connectivity index is 1.58. The minimum atomic E-state index is -0.983. The maximum absolute atomic E-state index is 12.7. The van der Waals surface area contributed by atoms with Gasteiger partial charge in [0, 0.05) is 42.0 Å². The molecule has 0 saturated carbocycles. The first-order valence-corrected chi connectivity index (χ1v) is 10.5. The fraction of sp³-hybridized carbons (Fsp3) is 0.409. The first-order valence-electron chi connectivity index (χ1n) is 9.71. The lowest BCUT2D eigenvalue weighted by molar-refractivity contribution is -0.128. The molecule has 0 atom stereocenters. The highest BCUT2D eigenvalue weighted by Crippen LogP contribution is 2.24. The zero-order valence-corrected chi connectivity index (χ0v) is 18.3. The van der Waals surface area contributed by atoms with Gasteiger partial charge in [0.2, 0.25) is 0 Å². The van der Waals surface area contributed by atoms with Crippen molar-refractivity contribution < 1.29 is 9.53 Å². The van der Waals surface area contributed by atoms with Gasteiger partial charge in [0.15, 0.2) is 5.60 Å². The molecular weight excluding hydrogens is 418 g/mol. The van der Waals surface area contributed by atoms with E-state index in [0.717, 1.165) is 42.9 Å². The van der Waals surface area contributed by atoms with Crippen LogP contribution in [0.25, 0.3) is 0 Å². The lowest BCUT2D eigenvalue weighted by atomic mass is 10.1. The van der Waals surface area contributed by atoms with E-state index in [1.807, 2.05) is 36.4 Å². The normalized spacial score (nSPS) is 15.4. The van der Waals surface area contributed by atoms with E-state index in [0.29, 0.717) is 5.75 Å². The van der Waals surface area contributed by atoms with Crippen molar-refractivity contribution in [2.75, 3.05) is 42.9 Å². The van der Waals surface area contributed by atoms with Crippen LogP contribution in [0, 0.1) is 0 Å². The first kappa shape index (κ1) is 20.7. The smallest absolute Gasteiger partial charge is 0.267 e. The SMILES string of the molecule is CCN1CCN(c2ccc(NC(=O)C(C)(C)Oc3ccc(Br)cc3)cc2)CC1. The maximum atomic E-state index is 12.7. The zero-order valence-electron chi connectivity index (χ0n) is 16.7. The topological polar surface area (TPSA) is 44.8 Å². The molecule has 0 spiro atoms. The number of benzene rings is 2. The molecule has 0 bridgehead atoms. The number of hydrogen-bond donors (Lipinski definition) is 1. The highest BCUT2D eigenvalue weighted by Gasteiger charge is 2.30. The van der Waals surface area contributed by atoms with Gasteiger partial charge in [-0.1, -0.05) is 22.9 Å². The number of halogens is 1. The van der Waals surface area contributed by atoms with Gasteiger partial charge in [-0.2, -0.15) is 0 Å². The molecule has 5 nitrogen and oxygen atoms in total. The van der Waals surface area contributed by atoms with Crippen LogP contribution in [0.15, 0.2) is 53.0 Å². The van der Waals surface area contributed by atoms with Crippen molar-refractivity contribution in [1.29, 1.82) is 0 Å². The molecule has 150 valence electrons. The van der Waals surface area contributed by atoms with E-state index in [2.05, 4.69) is 50.1 Å². The number of carbonyl (C=O) groups is 1. The van der Waals surface area contributed by atoms with Crippen molar-refractivity contribution in [3.63, 3.8) is 0 Å². The molecular formula is C22H28BrN3O2. The van der Waals surface area contributed by atoms with E-state index >= 15 is 0 Å². The Morgan fingerprint density at radius 3 is 2.21 bits per heavy atom. The highest BCUT2D eigenvalue weighted by atomic mass is 79.9. The molecule has 2 aromatic rings. The van der Waals surface area contributed by atoms with Crippen LogP contribution in [0.2, 0.25) is 0 Å². The van der Waals surface area contributed by atoms with Crippen LogP contribution >= 0.6 is 15.9 Å². The van der Waals surface area contributed by atoms with Crippen molar-refractivity contribution in [3.8, 4) is 5.75 Å². The van der Waals surface area contributed by atoms with Crippen molar-refractivity contribution >= 4 is 33.2 Å². The fourth-order valence-electron chi connectivity index (χ4n) is 3.20. The molecule has 0 unspecified atom stereocenters. The summed E-state index contributed by atoms with van der Waals surface area (Å²) < 4.78 is 6.86. The summed E-state index contributed by atoms with van der Waals surface area (Å²) in [6, 6.07) is 15.5. The van der Waals surface area contributed by atoms with Crippen molar-refractivity contribution in [2.24, 2.45) is 0 Å². The number of ether oxygens (including phenoxy) is 1. The summed E-state index contributed by atoms with van der Waals surface area (Å²) in [7, 11) is 0. The molecule has 1 aliphatic heterocycles. The Morgan fingerprint density at radius 2 is 1.64 bits per heavy atom. The molecule has 1 amide bonds. The second-order valence-electron chi connectivity index (χ2n) is 7.49. The number of likely N-dealkylation sites (N-methyl/N-ethyl adjacent to an activating group) is 1. The summed E-state index contributed by atoms with van der Waals surface area (Å²) in [5, 5.41) is 2.96. The number of carbonyl (C=O) groups excluding carboxylic acids is 1. The molecule has 0 aromatic heterocycles. The lowest BCUT2D eigenvalue weighted by Gasteiger charge is -2.35. The minimum absolute atomic E-state index is 0.181. The van der Waals surface area contributed by atoms with E-state index in [9.17, 15) is 4.79 Å². The number of amides is 1. The first-order chi connectivity index (χ1) is 13.4. The van der Waals surface area contributed by atoms with Crippen LogP contribution in [0.5, 0.6) is 5.75 Å². The quantitative estimate of drug-likeness (QED) is 0.715. The number of nitrogens with zero attached hydrogens (tertiary/aromatic N) is 2. The summed E-state index contributed by atoms with van der Waals surface area (Å²) in [6.45, 7) is 11.1. The average Bonchev–Trinajstić information content (AvgIpc) is 2.70. The molecule has 3 rings (SSSR count). The van der Waals surface area contributed by atoms with Gasteiger partial charge < -0.3 is 19.9 Å². The third-order valence-electron chi connectivity index (χ3n) is 5.04.